The predicted octanol–water partition coefficient (Wildman–Crippen LogP) is 3.85. The fourth-order valence-corrected chi connectivity index (χ4v) is 1.91. The number of hydrogen-bond acceptors (Lipinski definition) is 3. The van der Waals surface area contributed by atoms with Crippen molar-refractivity contribution in [2.75, 3.05) is 18.0 Å². The van der Waals surface area contributed by atoms with Crippen LogP contribution < -0.4 is 4.90 Å². The van der Waals surface area contributed by atoms with Crippen LogP contribution in [0.1, 0.15) is 46.1 Å². The van der Waals surface area contributed by atoms with E-state index in [2.05, 4.69) is 43.6 Å². The van der Waals surface area contributed by atoms with Gasteiger partial charge in [-0.1, -0.05) is 27.7 Å². The summed E-state index contributed by atoms with van der Waals surface area (Å²) in [6, 6.07) is 4.07. The minimum atomic E-state index is 0.670. The van der Waals surface area contributed by atoms with Crippen molar-refractivity contribution in [3.05, 3.63) is 24.0 Å². The van der Waals surface area contributed by atoms with Gasteiger partial charge in [0.2, 0.25) is 0 Å². The van der Waals surface area contributed by atoms with Crippen LogP contribution in [0.5, 0.6) is 0 Å². The third-order valence-corrected chi connectivity index (χ3v) is 3.21. The molecule has 0 aliphatic carbocycles. The highest BCUT2D eigenvalue weighted by Crippen LogP contribution is 2.20. The van der Waals surface area contributed by atoms with Gasteiger partial charge in [-0.25, -0.2) is 0 Å². The van der Waals surface area contributed by atoms with E-state index in [1.807, 2.05) is 6.20 Å². The summed E-state index contributed by atoms with van der Waals surface area (Å²) in [6.07, 6.45) is 5.78. The maximum Gasteiger partial charge on any atom is 0.101 e. The molecule has 3 nitrogen and oxygen atoms in total. The predicted molar refractivity (Wildman–Crippen MR) is 80.1 cm³/mol. The molecular formula is C16H25N3. The minimum Gasteiger partial charge on any atom is -0.369 e. The van der Waals surface area contributed by atoms with Crippen LogP contribution in [0, 0.1) is 23.2 Å². The fourth-order valence-electron chi connectivity index (χ4n) is 1.91. The van der Waals surface area contributed by atoms with Crippen LogP contribution in [0.15, 0.2) is 18.5 Å². The second-order valence-corrected chi connectivity index (χ2v) is 5.86. The average molecular weight is 259 g/mol. The first kappa shape index (κ1) is 15.5. The number of nitrogens with zero attached hydrogens (tertiary/aromatic N) is 3. The second kappa shape index (κ2) is 7.78. The molecule has 1 aromatic heterocycles. The zero-order chi connectivity index (χ0) is 14.3. The topological polar surface area (TPSA) is 39.9 Å². The van der Waals surface area contributed by atoms with E-state index in [1.54, 1.807) is 12.3 Å². The average Bonchev–Trinajstić information content (AvgIpc) is 2.38. The molecule has 0 spiro atoms. The van der Waals surface area contributed by atoms with Gasteiger partial charge < -0.3 is 4.90 Å². The summed E-state index contributed by atoms with van der Waals surface area (Å²) >= 11 is 0. The Morgan fingerprint density at radius 2 is 1.74 bits per heavy atom. The molecule has 0 aliphatic heterocycles. The van der Waals surface area contributed by atoms with Gasteiger partial charge in [0, 0.05) is 19.3 Å². The monoisotopic (exact) mass is 259 g/mol. The lowest BCUT2D eigenvalue weighted by Gasteiger charge is -2.27. The summed E-state index contributed by atoms with van der Waals surface area (Å²) in [6.45, 7) is 10.9. The van der Waals surface area contributed by atoms with Gasteiger partial charge in [0.15, 0.2) is 0 Å². The number of anilines is 1. The lowest BCUT2D eigenvalue weighted by molar-refractivity contribution is 0.535. The summed E-state index contributed by atoms with van der Waals surface area (Å²) in [7, 11) is 0. The highest BCUT2D eigenvalue weighted by Gasteiger charge is 2.12. The normalized spacial score (nSPS) is 10.8. The van der Waals surface area contributed by atoms with Crippen LogP contribution in [0.4, 0.5) is 5.69 Å². The quantitative estimate of drug-likeness (QED) is 0.746. The van der Waals surface area contributed by atoms with E-state index < -0.39 is 0 Å². The Kier molecular flexibility index (Phi) is 6.35. The third kappa shape index (κ3) is 5.30. The first-order valence-electron chi connectivity index (χ1n) is 7.13. The van der Waals surface area contributed by atoms with Gasteiger partial charge in [-0.05, 0) is 30.7 Å². The highest BCUT2D eigenvalue weighted by molar-refractivity contribution is 5.57. The highest BCUT2D eigenvalue weighted by atomic mass is 15.1. The molecule has 0 radical (unpaired) electrons. The zero-order valence-electron chi connectivity index (χ0n) is 12.6. The van der Waals surface area contributed by atoms with Crippen molar-refractivity contribution in [1.29, 1.82) is 5.26 Å². The van der Waals surface area contributed by atoms with Gasteiger partial charge in [0.1, 0.15) is 6.07 Å². The summed E-state index contributed by atoms with van der Waals surface area (Å²) in [5.41, 5.74) is 1.70. The number of aromatic nitrogens is 1. The number of rotatable bonds is 7. The summed E-state index contributed by atoms with van der Waals surface area (Å²) in [4.78, 5) is 6.49. The molecule has 3 heteroatoms. The smallest absolute Gasteiger partial charge is 0.101 e. The van der Waals surface area contributed by atoms with Crippen molar-refractivity contribution in [3.8, 4) is 6.07 Å². The van der Waals surface area contributed by atoms with Crippen molar-refractivity contribution < 1.29 is 0 Å². The number of pyridine rings is 1. The molecule has 0 bridgehead atoms. The van der Waals surface area contributed by atoms with Crippen LogP contribution >= 0.6 is 0 Å². The van der Waals surface area contributed by atoms with E-state index in [1.165, 1.54) is 0 Å². The molecule has 1 heterocycles. The molecule has 0 amide bonds. The summed E-state index contributed by atoms with van der Waals surface area (Å²) in [5, 5.41) is 9.22. The first-order chi connectivity index (χ1) is 9.04. The molecule has 0 atom stereocenters. The van der Waals surface area contributed by atoms with E-state index in [4.69, 9.17) is 0 Å². The van der Waals surface area contributed by atoms with Gasteiger partial charge in [-0.2, -0.15) is 5.26 Å². The minimum absolute atomic E-state index is 0.670. The molecule has 1 aromatic rings. The molecule has 0 fully saturated rings. The Hall–Kier alpha value is -1.56. The maximum atomic E-state index is 9.22. The van der Waals surface area contributed by atoms with E-state index in [0.717, 1.165) is 37.2 Å². The van der Waals surface area contributed by atoms with Gasteiger partial charge >= 0.3 is 0 Å². The Bertz CT molecular complexity index is 406. The van der Waals surface area contributed by atoms with Gasteiger partial charge in [0.05, 0.1) is 17.4 Å². The molecule has 0 N–H and O–H groups in total. The lowest BCUT2D eigenvalue weighted by atomic mass is 10.1. The molecule has 0 saturated heterocycles. The largest absolute Gasteiger partial charge is 0.369 e. The van der Waals surface area contributed by atoms with Crippen LogP contribution in [-0.2, 0) is 0 Å². The molecule has 0 unspecified atom stereocenters. The Morgan fingerprint density at radius 3 is 2.21 bits per heavy atom. The van der Waals surface area contributed by atoms with Crippen LogP contribution in [-0.4, -0.2) is 18.1 Å². The standard InChI is InChI=1S/C16H25N3/c1-13(2)6-9-19(10-7-14(3)4)16-12-18-8-5-15(16)11-17/h5,8,12-14H,6-7,9-10H2,1-4H3. The first-order valence-corrected chi connectivity index (χ1v) is 7.13. The summed E-state index contributed by atoms with van der Waals surface area (Å²) in [5.74, 6) is 1.34. The van der Waals surface area contributed by atoms with Crippen molar-refractivity contribution >= 4 is 5.69 Å². The maximum absolute atomic E-state index is 9.22. The van der Waals surface area contributed by atoms with Crippen molar-refractivity contribution in [3.63, 3.8) is 0 Å². The molecule has 0 saturated carbocycles. The van der Waals surface area contributed by atoms with Crippen LogP contribution in [0.2, 0.25) is 0 Å². The molecule has 19 heavy (non-hydrogen) atoms. The second-order valence-electron chi connectivity index (χ2n) is 5.86. The Labute approximate surface area is 117 Å². The van der Waals surface area contributed by atoms with Crippen molar-refractivity contribution in [2.45, 2.75) is 40.5 Å². The van der Waals surface area contributed by atoms with Crippen LogP contribution in [0.25, 0.3) is 0 Å². The van der Waals surface area contributed by atoms with Gasteiger partial charge in [0.25, 0.3) is 0 Å². The van der Waals surface area contributed by atoms with Gasteiger partial charge in [-0.15, -0.1) is 0 Å². The zero-order valence-corrected chi connectivity index (χ0v) is 12.6. The van der Waals surface area contributed by atoms with E-state index >= 15 is 0 Å². The fraction of sp³-hybridized carbons (Fsp3) is 0.625. The van der Waals surface area contributed by atoms with Gasteiger partial charge in [-0.3, -0.25) is 4.98 Å². The third-order valence-electron chi connectivity index (χ3n) is 3.21. The summed E-state index contributed by atoms with van der Waals surface area (Å²) < 4.78 is 0. The van der Waals surface area contributed by atoms with E-state index in [-0.39, 0.29) is 0 Å². The molecule has 0 aliphatic rings. The molecule has 0 aromatic carbocycles. The van der Waals surface area contributed by atoms with Crippen molar-refractivity contribution in [1.82, 2.24) is 4.98 Å². The Morgan fingerprint density at radius 1 is 1.16 bits per heavy atom. The van der Waals surface area contributed by atoms with E-state index in [9.17, 15) is 5.26 Å². The van der Waals surface area contributed by atoms with Crippen molar-refractivity contribution in [2.24, 2.45) is 11.8 Å². The number of hydrogen-bond donors (Lipinski definition) is 0. The van der Waals surface area contributed by atoms with Crippen LogP contribution in [0.3, 0.4) is 0 Å². The Balaban J connectivity index is 2.84. The molecular weight excluding hydrogens is 234 g/mol. The molecule has 1 rings (SSSR count). The number of nitriles is 1. The lowest BCUT2D eigenvalue weighted by Crippen LogP contribution is -2.28. The SMILES string of the molecule is CC(C)CCN(CCC(C)C)c1cnccc1C#N. The molecule has 104 valence electrons. The van der Waals surface area contributed by atoms with E-state index in [0.29, 0.717) is 11.8 Å².